The van der Waals surface area contributed by atoms with Gasteiger partial charge in [-0.15, -0.1) is 0 Å². The highest BCUT2D eigenvalue weighted by Gasteiger charge is 2.58. The summed E-state index contributed by atoms with van der Waals surface area (Å²) in [6.45, 7) is 1.06. The normalized spacial score (nSPS) is 35.1. The lowest BCUT2D eigenvalue weighted by atomic mass is 9.58. The third kappa shape index (κ3) is 1.04. The summed E-state index contributed by atoms with van der Waals surface area (Å²) in [6.07, 6.45) is 8.97. The van der Waals surface area contributed by atoms with E-state index in [1.807, 2.05) is 0 Å². The number of hydrogen-bond donors (Lipinski definition) is 1. The summed E-state index contributed by atoms with van der Waals surface area (Å²) in [7, 11) is 1.72. The van der Waals surface area contributed by atoms with Crippen LogP contribution in [0.5, 0.6) is 11.5 Å². The van der Waals surface area contributed by atoms with E-state index in [0.29, 0.717) is 6.04 Å². The van der Waals surface area contributed by atoms with Crippen molar-refractivity contribution in [2.75, 3.05) is 13.7 Å². The van der Waals surface area contributed by atoms with Crippen LogP contribution in [-0.4, -0.2) is 25.8 Å². The number of rotatable bonds is 1. The van der Waals surface area contributed by atoms with E-state index in [4.69, 9.17) is 9.47 Å². The maximum atomic E-state index is 6.32. The summed E-state index contributed by atoms with van der Waals surface area (Å²) in [5, 5.41) is 3.67. The van der Waals surface area contributed by atoms with Gasteiger partial charge in [-0.25, -0.2) is 0 Å². The lowest BCUT2D eigenvalue weighted by Gasteiger charge is -2.49. The molecule has 1 aromatic carbocycles. The van der Waals surface area contributed by atoms with Crippen molar-refractivity contribution in [2.45, 2.75) is 30.4 Å². The van der Waals surface area contributed by atoms with Crippen molar-refractivity contribution < 1.29 is 9.47 Å². The number of nitrogens with one attached hydrogen (secondary N) is 1. The smallest absolute Gasteiger partial charge is 0.166 e. The van der Waals surface area contributed by atoms with Crippen LogP contribution in [0.4, 0.5) is 0 Å². The van der Waals surface area contributed by atoms with Crippen LogP contribution in [-0.2, 0) is 11.8 Å². The van der Waals surface area contributed by atoms with Gasteiger partial charge in [0, 0.05) is 11.6 Å². The minimum Gasteiger partial charge on any atom is -0.493 e. The molecule has 4 aliphatic rings. The fourth-order valence-corrected chi connectivity index (χ4v) is 4.63. The molecule has 1 aromatic rings. The SMILES string of the molecule is COc1ccc2c3c1O[C@H]1C=CC=C4[C@@H](C2)NCC[C@]431. The second kappa shape index (κ2) is 3.47. The zero-order valence-corrected chi connectivity index (χ0v) is 11.5. The molecule has 1 spiro atoms. The molecule has 3 atom stereocenters. The largest absolute Gasteiger partial charge is 0.493 e. The molecule has 1 fully saturated rings. The van der Waals surface area contributed by atoms with E-state index >= 15 is 0 Å². The van der Waals surface area contributed by atoms with Gasteiger partial charge >= 0.3 is 0 Å². The number of piperidine rings is 1. The van der Waals surface area contributed by atoms with E-state index in [2.05, 4.69) is 35.7 Å². The Hall–Kier alpha value is -1.74. The lowest BCUT2D eigenvalue weighted by molar-refractivity contribution is 0.173. The van der Waals surface area contributed by atoms with Crippen molar-refractivity contribution in [1.82, 2.24) is 5.32 Å². The molecule has 2 heterocycles. The molecule has 20 heavy (non-hydrogen) atoms. The van der Waals surface area contributed by atoms with E-state index < -0.39 is 0 Å². The predicted molar refractivity (Wildman–Crippen MR) is 76.4 cm³/mol. The Morgan fingerprint density at radius 1 is 1.40 bits per heavy atom. The van der Waals surface area contributed by atoms with Crippen LogP contribution in [0.1, 0.15) is 17.5 Å². The summed E-state index contributed by atoms with van der Waals surface area (Å²) < 4.78 is 11.8. The zero-order chi connectivity index (χ0) is 13.3. The number of ether oxygens (including phenoxy) is 2. The maximum absolute atomic E-state index is 6.32. The fourth-order valence-electron chi connectivity index (χ4n) is 4.63. The minimum atomic E-state index is 0.0577. The third-order valence-corrected chi connectivity index (χ3v) is 5.39. The zero-order valence-electron chi connectivity index (χ0n) is 11.5. The Labute approximate surface area is 118 Å². The molecule has 5 rings (SSSR count). The Bertz CT molecular complexity index is 676. The first-order chi connectivity index (χ1) is 9.84. The van der Waals surface area contributed by atoms with E-state index in [1.54, 1.807) is 7.11 Å². The number of allylic oxidation sites excluding steroid dienone is 2. The number of hydrogen-bond acceptors (Lipinski definition) is 3. The van der Waals surface area contributed by atoms with Crippen LogP contribution in [0.2, 0.25) is 0 Å². The highest BCUT2D eigenvalue weighted by molar-refractivity contribution is 5.67. The van der Waals surface area contributed by atoms with Crippen LogP contribution < -0.4 is 14.8 Å². The Kier molecular flexibility index (Phi) is 1.91. The van der Waals surface area contributed by atoms with Crippen LogP contribution in [0, 0.1) is 0 Å². The fraction of sp³-hybridized carbons (Fsp3) is 0.412. The molecule has 3 heteroatoms. The highest BCUT2D eigenvalue weighted by atomic mass is 16.5. The van der Waals surface area contributed by atoms with Crippen LogP contribution in [0.25, 0.3) is 0 Å². The molecular formula is C17H17NO2. The van der Waals surface area contributed by atoms with Gasteiger partial charge in [-0.1, -0.05) is 18.2 Å². The molecule has 0 amide bonds. The van der Waals surface area contributed by atoms with E-state index in [-0.39, 0.29) is 11.5 Å². The first kappa shape index (κ1) is 11.0. The van der Waals surface area contributed by atoms with E-state index in [9.17, 15) is 0 Å². The molecule has 0 unspecified atom stereocenters. The standard InChI is InChI=1S/C17H17NO2/c1-19-13-6-5-10-9-12-11-3-2-4-14-17(11,7-8-18-12)15(10)16(13)20-14/h2-6,12,14,18H,7-9H2,1H3/t12-,14+,17-/m1/s1. The van der Waals surface area contributed by atoms with E-state index in [0.717, 1.165) is 30.9 Å². The molecule has 3 nitrogen and oxygen atoms in total. The monoisotopic (exact) mass is 267 g/mol. The average molecular weight is 267 g/mol. The van der Waals surface area contributed by atoms with Gasteiger partial charge in [-0.05, 0) is 42.7 Å². The molecule has 0 aromatic heterocycles. The summed E-state index contributed by atoms with van der Waals surface area (Å²) in [4.78, 5) is 0. The predicted octanol–water partition coefficient (Wildman–Crippen LogP) is 2.11. The molecule has 0 saturated carbocycles. The number of benzene rings is 1. The van der Waals surface area contributed by atoms with E-state index in [1.165, 1.54) is 16.7 Å². The van der Waals surface area contributed by atoms with Crippen LogP contribution >= 0.6 is 0 Å². The maximum Gasteiger partial charge on any atom is 0.166 e. The quantitative estimate of drug-likeness (QED) is 0.845. The Morgan fingerprint density at radius 3 is 3.25 bits per heavy atom. The van der Waals surface area contributed by atoms with Gasteiger partial charge in [-0.3, -0.25) is 0 Å². The Morgan fingerprint density at radius 2 is 2.35 bits per heavy atom. The summed E-state index contributed by atoms with van der Waals surface area (Å²) >= 11 is 0. The van der Waals surface area contributed by atoms with Gasteiger partial charge in [0.25, 0.3) is 0 Å². The molecule has 2 aliphatic heterocycles. The second-order valence-corrected chi connectivity index (χ2v) is 6.11. The van der Waals surface area contributed by atoms with Crippen LogP contribution in [0.3, 0.4) is 0 Å². The van der Waals surface area contributed by atoms with Crippen molar-refractivity contribution in [1.29, 1.82) is 0 Å². The first-order valence-corrected chi connectivity index (χ1v) is 7.34. The van der Waals surface area contributed by atoms with Gasteiger partial charge in [0.05, 0.1) is 12.5 Å². The summed E-state index contributed by atoms with van der Waals surface area (Å²) in [5.41, 5.74) is 4.39. The average Bonchev–Trinajstić information content (AvgIpc) is 2.80. The second-order valence-electron chi connectivity index (χ2n) is 6.11. The topological polar surface area (TPSA) is 30.5 Å². The van der Waals surface area contributed by atoms with Gasteiger partial charge < -0.3 is 14.8 Å². The first-order valence-electron chi connectivity index (χ1n) is 7.34. The summed E-state index contributed by atoms with van der Waals surface area (Å²) in [5.74, 6) is 1.85. The van der Waals surface area contributed by atoms with Crippen molar-refractivity contribution in [3.05, 3.63) is 47.1 Å². The van der Waals surface area contributed by atoms with Crippen molar-refractivity contribution in [2.24, 2.45) is 0 Å². The molecule has 1 N–H and O–H groups in total. The summed E-state index contributed by atoms with van der Waals surface area (Å²) in [6, 6.07) is 4.74. The van der Waals surface area contributed by atoms with Crippen molar-refractivity contribution in [3.8, 4) is 11.5 Å². The Balaban J connectivity index is 1.87. The van der Waals surface area contributed by atoms with Crippen molar-refractivity contribution >= 4 is 0 Å². The van der Waals surface area contributed by atoms with Gasteiger partial charge in [-0.2, -0.15) is 0 Å². The van der Waals surface area contributed by atoms with Gasteiger partial charge in [0.15, 0.2) is 11.5 Å². The number of methoxy groups -OCH3 is 1. The lowest BCUT2D eigenvalue weighted by Crippen LogP contribution is -2.57. The third-order valence-electron chi connectivity index (χ3n) is 5.39. The molecule has 102 valence electrons. The molecule has 2 bridgehead atoms. The molecule has 0 radical (unpaired) electrons. The molecule has 2 aliphatic carbocycles. The molecule has 1 saturated heterocycles. The highest BCUT2D eigenvalue weighted by Crippen LogP contribution is 2.60. The minimum absolute atomic E-state index is 0.0577. The molecular weight excluding hydrogens is 250 g/mol. The van der Waals surface area contributed by atoms with Gasteiger partial charge in [0.2, 0.25) is 0 Å². The van der Waals surface area contributed by atoms with Crippen molar-refractivity contribution in [3.63, 3.8) is 0 Å². The van der Waals surface area contributed by atoms with Crippen LogP contribution in [0.15, 0.2) is 35.9 Å². The van der Waals surface area contributed by atoms with Gasteiger partial charge in [0.1, 0.15) is 6.10 Å².